The molecule has 1 aromatic carbocycles. The number of hydrogen-bond acceptors (Lipinski definition) is 5. The molecule has 0 amide bonds. The van der Waals surface area contributed by atoms with Crippen molar-refractivity contribution < 1.29 is 5.11 Å². The molecule has 0 bridgehead atoms. The third-order valence-corrected chi connectivity index (χ3v) is 3.56. The zero-order chi connectivity index (χ0) is 15.8. The van der Waals surface area contributed by atoms with Crippen molar-refractivity contribution in [1.29, 1.82) is 0 Å². The van der Waals surface area contributed by atoms with Crippen LogP contribution in [0.15, 0.2) is 49.1 Å². The largest absolute Gasteiger partial charge is 0.385 e. The highest BCUT2D eigenvalue weighted by Gasteiger charge is 2.10. The average Bonchev–Trinajstić information content (AvgIpc) is 3.22. The van der Waals surface area contributed by atoms with Crippen molar-refractivity contribution in [3.05, 3.63) is 54.9 Å². The third kappa shape index (κ3) is 2.47. The standard InChI is InChI=1S/C16H14N6O/c1-10(23)16-19-12-3-2-11(8-14(12)20-16)22-7-4-13(21-22)15-9-17-5-6-18-15/h2-10,23H,1H3,(H,19,20)/t10-/m0/s1. The first kappa shape index (κ1) is 13.6. The summed E-state index contributed by atoms with van der Waals surface area (Å²) < 4.78 is 1.77. The summed E-state index contributed by atoms with van der Waals surface area (Å²) in [4.78, 5) is 15.8. The summed E-state index contributed by atoms with van der Waals surface area (Å²) >= 11 is 0. The SMILES string of the molecule is C[C@H](O)c1nc2ccc(-n3ccc(-c4cnccn4)n3)cc2[nH]1. The first-order valence-corrected chi connectivity index (χ1v) is 7.21. The van der Waals surface area contributed by atoms with Gasteiger partial charge in [-0.2, -0.15) is 5.10 Å². The van der Waals surface area contributed by atoms with Crippen molar-refractivity contribution in [2.45, 2.75) is 13.0 Å². The summed E-state index contributed by atoms with van der Waals surface area (Å²) in [5.74, 6) is 0.554. The van der Waals surface area contributed by atoms with Crippen LogP contribution in [0.3, 0.4) is 0 Å². The van der Waals surface area contributed by atoms with Crippen LogP contribution in [0.25, 0.3) is 28.1 Å². The molecule has 3 heterocycles. The zero-order valence-electron chi connectivity index (χ0n) is 12.4. The zero-order valence-corrected chi connectivity index (χ0v) is 12.4. The number of nitrogens with one attached hydrogen (secondary N) is 1. The number of nitrogens with zero attached hydrogens (tertiary/aromatic N) is 5. The van der Waals surface area contributed by atoms with Gasteiger partial charge in [-0.25, -0.2) is 9.67 Å². The van der Waals surface area contributed by atoms with Crippen LogP contribution in [0.1, 0.15) is 18.9 Å². The van der Waals surface area contributed by atoms with Gasteiger partial charge in [-0.3, -0.25) is 9.97 Å². The molecule has 4 aromatic rings. The Morgan fingerprint density at radius 2 is 2.09 bits per heavy atom. The van der Waals surface area contributed by atoms with Gasteiger partial charge in [-0.15, -0.1) is 0 Å². The number of aliphatic hydroxyl groups is 1. The van der Waals surface area contributed by atoms with E-state index in [4.69, 9.17) is 0 Å². The third-order valence-electron chi connectivity index (χ3n) is 3.56. The molecule has 0 saturated carbocycles. The molecular formula is C16H14N6O. The first-order valence-electron chi connectivity index (χ1n) is 7.21. The fourth-order valence-corrected chi connectivity index (χ4v) is 2.39. The van der Waals surface area contributed by atoms with E-state index in [1.54, 1.807) is 30.2 Å². The van der Waals surface area contributed by atoms with Crippen LogP contribution in [-0.4, -0.2) is 34.8 Å². The summed E-state index contributed by atoms with van der Waals surface area (Å²) in [7, 11) is 0. The quantitative estimate of drug-likeness (QED) is 0.605. The van der Waals surface area contributed by atoms with Crippen molar-refractivity contribution in [2.24, 2.45) is 0 Å². The molecule has 2 N–H and O–H groups in total. The summed E-state index contributed by atoms with van der Waals surface area (Å²) in [6.45, 7) is 1.68. The van der Waals surface area contributed by atoms with Gasteiger partial charge in [0.2, 0.25) is 0 Å². The summed E-state index contributed by atoms with van der Waals surface area (Å²) in [6, 6.07) is 7.67. The number of aliphatic hydroxyl groups excluding tert-OH is 1. The molecule has 4 rings (SSSR count). The predicted molar refractivity (Wildman–Crippen MR) is 84.9 cm³/mol. The Labute approximate surface area is 131 Å². The van der Waals surface area contributed by atoms with Crippen molar-refractivity contribution in [3.63, 3.8) is 0 Å². The Kier molecular flexibility index (Phi) is 3.13. The Morgan fingerprint density at radius 1 is 1.17 bits per heavy atom. The van der Waals surface area contributed by atoms with Gasteiger partial charge in [0.25, 0.3) is 0 Å². The minimum atomic E-state index is -0.626. The molecule has 1 atom stereocenters. The molecule has 0 spiro atoms. The van der Waals surface area contributed by atoms with Gasteiger partial charge >= 0.3 is 0 Å². The molecule has 3 aromatic heterocycles. The Morgan fingerprint density at radius 3 is 2.87 bits per heavy atom. The molecule has 23 heavy (non-hydrogen) atoms. The van der Waals surface area contributed by atoms with Gasteiger partial charge < -0.3 is 10.1 Å². The van der Waals surface area contributed by atoms with Crippen molar-refractivity contribution in [1.82, 2.24) is 29.7 Å². The maximum absolute atomic E-state index is 9.62. The number of benzene rings is 1. The minimum Gasteiger partial charge on any atom is -0.385 e. The van der Waals surface area contributed by atoms with Gasteiger partial charge in [0.15, 0.2) is 0 Å². The predicted octanol–water partition coefficient (Wildman–Crippen LogP) is 2.26. The summed E-state index contributed by atoms with van der Waals surface area (Å²) in [5.41, 5.74) is 4.05. The van der Waals surface area contributed by atoms with E-state index in [0.29, 0.717) is 5.82 Å². The number of aromatic amines is 1. The van der Waals surface area contributed by atoms with Gasteiger partial charge in [0.05, 0.1) is 22.9 Å². The van der Waals surface area contributed by atoms with E-state index < -0.39 is 6.10 Å². The Hall–Kier alpha value is -3.06. The number of hydrogen-bond donors (Lipinski definition) is 2. The lowest BCUT2D eigenvalue weighted by Crippen LogP contribution is -1.95. The van der Waals surface area contributed by atoms with Crippen LogP contribution >= 0.6 is 0 Å². The molecule has 0 saturated heterocycles. The Balaban J connectivity index is 1.73. The molecule has 114 valence electrons. The van der Waals surface area contributed by atoms with Crippen LogP contribution in [0.5, 0.6) is 0 Å². The number of H-pyrrole nitrogens is 1. The monoisotopic (exact) mass is 306 g/mol. The van der Waals surface area contributed by atoms with Crippen LogP contribution in [0.4, 0.5) is 0 Å². The van der Waals surface area contributed by atoms with Crippen LogP contribution in [-0.2, 0) is 0 Å². The highest BCUT2D eigenvalue weighted by atomic mass is 16.3. The van der Waals surface area contributed by atoms with Gasteiger partial charge in [-0.05, 0) is 31.2 Å². The van der Waals surface area contributed by atoms with E-state index in [1.807, 2.05) is 30.5 Å². The molecule has 0 aliphatic carbocycles. The second-order valence-corrected chi connectivity index (χ2v) is 5.24. The van der Waals surface area contributed by atoms with Crippen molar-refractivity contribution in [3.8, 4) is 17.1 Å². The number of fused-ring (bicyclic) bond motifs is 1. The molecule has 7 nitrogen and oxygen atoms in total. The topological polar surface area (TPSA) is 92.5 Å². The second-order valence-electron chi connectivity index (χ2n) is 5.24. The van der Waals surface area contributed by atoms with Gasteiger partial charge in [-0.1, -0.05) is 0 Å². The van der Waals surface area contributed by atoms with Crippen molar-refractivity contribution >= 4 is 11.0 Å². The molecule has 7 heteroatoms. The maximum Gasteiger partial charge on any atom is 0.135 e. The normalized spacial score (nSPS) is 12.6. The maximum atomic E-state index is 9.62. The van der Waals surface area contributed by atoms with E-state index in [9.17, 15) is 5.11 Å². The smallest absolute Gasteiger partial charge is 0.135 e. The molecule has 0 aliphatic rings. The van der Waals surface area contributed by atoms with E-state index in [2.05, 4.69) is 25.0 Å². The highest BCUT2D eigenvalue weighted by Crippen LogP contribution is 2.20. The Bertz CT molecular complexity index is 957. The van der Waals surface area contributed by atoms with Gasteiger partial charge in [0.1, 0.15) is 23.3 Å². The first-order chi connectivity index (χ1) is 11.2. The van der Waals surface area contributed by atoms with E-state index in [1.165, 1.54) is 0 Å². The summed E-state index contributed by atoms with van der Waals surface area (Å²) in [6.07, 6.45) is 6.20. The molecule has 0 unspecified atom stereocenters. The van der Waals surface area contributed by atoms with Crippen molar-refractivity contribution in [2.75, 3.05) is 0 Å². The second kappa shape index (κ2) is 5.29. The fraction of sp³-hybridized carbons (Fsp3) is 0.125. The highest BCUT2D eigenvalue weighted by molar-refractivity contribution is 5.77. The molecule has 0 fully saturated rings. The molecule has 0 aliphatic heterocycles. The lowest BCUT2D eigenvalue weighted by atomic mass is 10.3. The van der Waals surface area contributed by atoms with Crippen LogP contribution in [0.2, 0.25) is 0 Å². The fourth-order valence-electron chi connectivity index (χ4n) is 2.39. The lowest BCUT2D eigenvalue weighted by molar-refractivity contribution is 0.190. The van der Waals surface area contributed by atoms with E-state index >= 15 is 0 Å². The van der Waals surface area contributed by atoms with E-state index in [0.717, 1.165) is 28.1 Å². The average molecular weight is 306 g/mol. The molecular weight excluding hydrogens is 292 g/mol. The number of aromatic nitrogens is 6. The van der Waals surface area contributed by atoms with Gasteiger partial charge in [0, 0.05) is 18.6 Å². The minimum absolute atomic E-state index is 0.554. The lowest BCUT2D eigenvalue weighted by Gasteiger charge is -2.01. The summed E-state index contributed by atoms with van der Waals surface area (Å²) in [5, 5.41) is 14.1. The number of imidazole rings is 1. The van der Waals surface area contributed by atoms with E-state index in [-0.39, 0.29) is 0 Å². The molecule has 0 radical (unpaired) electrons. The van der Waals surface area contributed by atoms with Crippen LogP contribution in [0, 0.1) is 0 Å². The number of rotatable bonds is 3. The van der Waals surface area contributed by atoms with Crippen LogP contribution < -0.4 is 0 Å².